The summed E-state index contributed by atoms with van der Waals surface area (Å²) in [6, 6.07) is 3.55. The van der Waals surface area contributed by atoms with E-state index in [1.807, 2.05) is 21.0 Å². The molecule has 3 aliphatic heterocycles. The van der Waals surface area contributed by atoms with E-state index in [0.717, 1.165) is 71.3 Å². The molecule has 12 heteroatoms. The molecule has 44 heavy (non-hydrogen) atoms. The highest BCUT2D eigenvalue weighted by Gasteiger charge is 2.47. The Labute approximate surface area is 269 Å². The van der Waals surface area contributed by atoms with Crippen molar-refractivity contribution in [3.8, 4) is 6.07 Å². The van der Waals surface area contributed by atoms with Gasteiger partial charge in [-0.2, -0.15) is 5.26 Å². The first kappa shape index (κ1) is 34.3. The van der Waals surface area contributed by atoms with E-state index in [4.69, 9.17) is 21.1 Å². The fourth-order valence-corrected chi connectivity index (χ4v) is 8.80. The lowest BCUT2D eigenvalue weighted by atomic mass is 9.69. The number of nitriles is 1. The maximum atomic E-state index is 12.9. The number of rotatable bonds is 12. The van der Waals surface area contributed by atoms with Gasteiger partial charge >= 0.3 is 0 Å². The van der Waals surface area contributed by atoms with E-state index >= 15 is 0 Å². The summed E-state index contributed by atoms with van der Waals surface area (Å²) in [4.78, 5) is 17.3. The fraction of sp³-hybridized carbons (Fsp3) is 0.938. The van der Waals surface area contributed by atoms with Crippen LogP contribution in [0.5, 0.6) is 0 Å². The molecular formula is C32H57ClN8O3. The highest BCUT2D eigenvalue weighted by Crippen LogP contribution is 2.37. The number of alkyl halides is 1. The third-order valence-corrected chi connectivity index (χ3v) is 11.2. The summed E-state index contributed by atoms with van der Waals surface area (Å²) in [7, 11) is 6.22. The second kappa shape index (κ2) is 16.2. The van der Waals surface area contributed by atoms with Gasteiger partial charge in [0.15, 0.2) is 0 Å². The molecule has 2 aliphatic carbocycles. The van der Waals surface area contributed by atoms with Crippen LogP contribution in [0.15, 0.2) is 0 Å². The average molecular weight is 637 g/mol. The molecule has 5 aliphatic rings. The van der Waals surface area contributed by atoms with E-state index in [2.05, 4.69) is 49.5 Å². The first-order chi connectivity index (χ1) is 21.2. The molecule has 11 nitrogen and oxygen atoms in total. The van der Waals surface area contributed by atoms with Crippen molar-refractivity contribution < 1.29 is 14.3 Å². The Morgan fingerprint density at radius 1 is 1.07 bits per heavy atom. The molecule has 0 spiro atoms. The van der Waals surface area contributed by atoms with Crippen molar-refractivity contribution in [2.24, 2.45) is 17.8 Å². The highest BCUT2D eigenvalue weighted by molar-refractivity contribution is 6.21. The van der Waals surface area contributed by atoms with Crippen LogP contribution >= 0.6 is 11.6 Å². The van der Waals surface area contributed by atoms with Gasteiger partial charge in [-0.15, -0.1) is 11.6 Å². The minimum absolute atomic E-state index is 0.0266. The largest absolute Gasteiger partial charge is 0.376 e. The second-order valence-electron chi connectivity index (χ2n) is 14.2. The van der Waals surface area contributed by atoms with Gasteiger partial charge in [0.2, 0.25) is 5.91 Å². The van der Waals surface area contributed by atoms with Gasteiger partial charge in [-0.1, -0.05) is 0 Å². The number of hydrogen-bond donors (Lipinski definition) is 5. The van der Waals surface area contributed by atoms with Gasteiger partial charge in [-0.25, -0.2) is 0 Å². The third kappa shape index (κ3) is 8.64. The summed E-state index contributed by atoms with van der Waals surface area (Å²) in [5.41, 5.74) is 0. The first-order valence-electron chi connectivity index (χ1n) is 17.1. The Morgan fingerprint density at radius 2 is 1.91 bits per heavy atom. The zero-order valence-electron chi connectivity index (χ0n) is 27.3. The van der Waals surface area contributed by atoms with Gasteiger partial charge in [-0.3, -0.25) is 15.0 Å². The minimum atomic E-state index is -0.134. The lowest BCUT2D eigenvalue weighted by molar-refractivity contribution is -0.124. The van der Waals surface area contributed by atoms with E-state index in [1.165, 1.54) is 0 Å². The third-order valence-electron chi connectivity index (χ3n) is 10.7. The molecule has 0 aromatic carbocycles. The number of carbonyl (C=O) groups is 1. The SMILES string of the molecule is CCOC1CC2NCC(C#N)C(NC3CCC(OCC4CNC5C(C4)NCN5C)C(Cl)C3)C2CC1NC(=O)CCCN(C)C. The quantitative estimate of drug-likeness (QED) is 0.199. The topological polar surface area (TPSA) is 126 Å². The molecule has 0 aromatic rings. The smallest absolute Gasteiger partial charge is 0.220 e. The lowest BCUT2D eigenvalue weighted by Crippen LogP contribution is -2.66. The van der Waals surface area contributed by atoms with Crippen LogP contribution in [0.3, 0.4) is 0 Å². The molecule has 5 fully saturated rings. The molecule has 1 amide bonds. The monoisotopic (exact) mass is 636 g/mol. The summed E-state index contributed by atoms with van der Waals surface area (Å²) < 4.78 is 12.6. The Balaban J connectivity index is 1.14. The maximum Gasteiger partial charge on any atom is 0.220 e. The number of ether oxygens (including phenoxy) is 2. The Morgan fingerprint density at radius 3 is 2.66 bits per heavy atom. The molecule has 0 radical (unpaired) electrons. The van der Waals surface area contributed by atoms with Crippen molar-refractivity contribution in [3.63, 3.8) is 0 Å². The molecule has 0 bridgehead atoms. The van der Waals surface area contributed by atoms with Crippen LogP contribution in [0.1, 0.15) is 58.3 Å². The van der Waals surface area contributed by atoms with E-state index < -0.39 is 0 Å². The number of hydrogen-bond acceptors (Lipinski definition) is 10. The predicted octanol–water partition coefficient (Wildman–Crippen LogP) is 1.04. The molecule has 2 saturated carbocycles. The van der Waals surface area contributed by atoms with Crippen LogP contribution in [0.4, 0.5) is 0 Å². The van der Waals surface area contributed by atoms with Crippen LogP contribution < -0.4 is 26.6 Å². The first-order valence-corrected chi connectivity index (χ1v) is 17.6. The number of piperidine rings is 2. The number of fused-ring (bicyclic) bond motifs is 2. The lowest BCUT2D eigenvalue weighted by Gasteiger charge is -2.50. The summed E-state index contributed by atoms with van der Waals surface area (Å²) in [5.74, 6) is 0.672. The zero-order chi connectivity index (χ0) is 31.2. The Hall–Kier alpha value is -1.07. The number of nitrogens with one attached hydrogen (secondary N) is 5. The number of amides is 1. The molecule has 0 aromatic heterocycles. The van der Waals surface area contributed by atoms with Gasteiger partial charge in [-0.05, 0) is 91.4 Å². The number of likely N-dealkylation sites (N-methyl/N-ethyl adjacent to an activating group) is 1. The van der Waals surface area contributed by atoms with E-state index in [-0.39, 0.29) is 59.5 Å². The number of carbonyl (C=O) groups excluding carboxylic acids is 1. The summed E-state index contributed by atoms with van der Waals surface area (Å²) in [5, 5.41) is 28.3. The predicted molar refractivity (Wildman–Crippen MR) is 172 cm³/mol. The standard InChI is InChI=1S/C32H57ClN8O3/c1-5-43-29-14-25-23(13-26(29)39-30(42)7-6-10-40(2)3)31(21(15-34)17-35-25)38-22-8-9-28(24(33)12-22)44-18-20-11-27-32(36-16-20)41(4)19-37-27/h20-29,31-32,35-38H,5-14,16-19H2,1-4H3,(H,39,42). The second-order valence-corrected chi connectivity index (χ2v) is 14.8. The fourth-order valence-electron chi connectivity index (χ4n) is 8.39. The molecule has 12 unspecified atom stereocenters. The van der Waals surface area contributed by atoms with Crippen LogP contribution in [0, 0.1) is 29.1 Å². The van der Waals surface area contributed by atoms with Gasteiger partial charge < -0.3 is 35.6 Å². The summed E-state index contributed by atoms with van der Waals surface area (Å²) in [6.07, 6.45) is 7.30. The van der Waals surface area contributed by atoms with Gasteiger partial charge in [0.1, 0.15) is 0 Å². The van der Waals surface area contributed by atoms with E-state index in [9.17, 15) is 10.1 Å². The van der Waals surface area contributed by atoms with Crippen LogP contribution in [-0.2, 0) is 14.3 Å². The Bertz CT molecular complexity index is 970. The molecule has 3 heterocycles. The molecule has 12 atom stereocenters. The maximum absolute atomic E-state index is 12.9. The molecule has 3 saturated heterocycles. The molecule has 250 valence electrons. The van der Waals surface area contributed by atoms with Crippen molar-refractivity contribution in [1.29, 1.82) is 5.26 Å². The Kier molecular flexibility index (Phi) is 12.6. The minimum Gasteiger partial charge on any atom is -0.376 e. The number of halogens is 1. The van der Waals surface area contributed by atoms with Crippen molar-refractivity contribution in [2.75, 3.05) is 60.7 Å². The van der Waals surface area contributed by atoms with Crippen molar-refractivity contribution >= 4 is 17.5 Å². The van der Waals surface area contributed by atoms with Crippen molar-refractivity contribution in [2.45, 2.75) is 112 Å². The molecular weight excluding hydrogens is 580 g/mol. The van der Waals surface area contributed by atoms with E-state index in [1.54, 1.807) is 0 Å². The van der Waals surface area contributed by atoms with Crippen LogP contribution in [0.2, 0.25) is 0 Å². The summed E-state index contributed by atoms with van der Waals surface area (Å²) >= 11 is 6.98. The normalized spacial score (nSPS) is 41.1. The van der Waals surface area contributed by atoms with Crippen molar-refractivity contribution in [3.05, 3.63) is 0 Å². The van der Waals surface area contributed by atoms with Crippen molar-refractivity contribution in [1.82, 2.24) is 36.4 Å². The van der Waals surface area contributed by atoms with Crippen LogP contribution in [-0.4, -0.2) is 130 Å². The van der Waals surface area contributed by atoms with Gasteiger partial charge in [0, 0.05) is 57.0 Å². The number of nitrogens with zero attached hydrogens (tertiary/aromatic N) is 3. The van der Waals surface area contributed by atoms with Gasteiger partial charge in [0.05, 0.1) is 48.4 Å². The summed E-state index contributed by atoms with van der Waals surface area (Å²) in [6.45, 7) is 6.84. The van der Waals surface area contributed by atoms with Gasteiger partial charge in [0.25, 0.3) is 0 Å². The van der Waals surface area contributed by atoms with E-state index in [0.29, 0.717) is 37.7 Å². The molecule has 5 rings (SSSR count). The van der Waals surface area contributed by atoms with Crippen LogP contribution in [0.25, 0.3) is 0 Å². The average Bonchev–Trinajstić information content (AvgIpc) is 3.37. The molecule has 5 N–H and O–H groups in total. The highest BCUT2D eigenvalue weighted by atomic mass is 35.5. The zero-order valence-corrected chi connectivity index (χ0v) is 28.0.